The Hall–Kier alpha value is -2.36. The van der Waals surface area contributed by atoms with Crippen molar-refractivity contribution in [2.75, 3.05) is 5.73 Å². The van der Waals surface area contributed by atoms with E-state index in [2.05, 4.69) is 24.0 Å². The predicted molar refractivity (Wildman–Crippen MR) is 79.0 cm³/mol. The molecule has 0 amide bonds. The average molecular weight is 269 g/mol. The van der Waals surface area contributed by atoms with Gasteiger partial charge in [-0.05, 0) is 29.7 Å². The van der Waals surface area contributed by atoms with E-state index >= 15 is 0 Å². The van der Waals surface area contributed by atoms with Gasteiger partial charge in [-0.25, -0.2) is 9.37 Å². The molecule has 3 nitrogen and oxygen atoms in total. The molecular weight excluding hydrogens is 253 g/mol. The average Bonchev–Trinajstić information content (AvgIpc) is 2.76. The minimum Gasteiger partial charge on any atom is -0.369 e. The van der Waals surface area contributed by atoms with Crippen LogP contribution in [0.3, 0.4) is 0 Å². The van der Waals surface area contributed by atoms with E-state index < -0.39 is 0 Å². The highest BCUT2D eigenvalue weighted by Gasteiger charge is 2.13. The van der Waals surface area contributed by atoms with E-state index in [1.807, 2.05) is 22.8 Å². The molecule has 1 atom stereocenters. The van der Waals surface area contributed by atoms with Gasteiger partial charge in [0.25, 0.3) is 0 Å². The number of rotatable bonds is 3. The van der Waals surface area contributed by atoms with Crippen LogP contribution < -0.4 is 5.73 Å². The maximum atomic E-state index is 13.4. The summed E-state index contributed by atoms with van der Waals surface area (Å²) in [5.41, 5.74) is 8.65. The lowest BCUT2D eigenvalue weighted by molar-refractivity contribution is 0.610. The lowest BCUT2D eigenvalue weighted by atomic mass is 10.0. The molecule has 0 aliphatic heterocycles. The minimum absolute atomic E-state index is 0.272. The molecule has 0 saturated carbocycles. The summed E-state index contributed by atoms with van der Waals surface area (Å²) in [6.07, 6.45) is 0. The van der Waals surface area contributed by atoms with E-state index in [4.69, 9.17) is 5.73 Å². The highest BCUT2D eigenvalue weighted by molar-refractivity contribution is 5.78. The van der Waals surface area contributed by atoms with Gasteiger partial charge in [0.1, 0.15) is 5.82 Å². The number of nitrogen functional groups attached to an aromatic ring is 1. The molecule has 1 unspecified atom stereocenters. The molecule has 0 aliphatic carbocycles. The number of aromatic nitrogens is 2. The van der Waals surface area contributed by atoms with Gasteiger partial charge in [-0.15, -0.1) is 0 Å². The van der Waals surface area contributed by atoms with Crippen LogP contribution in [0.5, 0.6) is 0 Å². The second-order valence-electron chi connectivity index (χ2n) is 5.03. The number of anilines is 1. The van der Waals surface area contributed by atoms with Crippen molar-refractivity contribution >= 4 is 17.0 Å². The van der Waals surface area contributed by atoms with Crippen molar-refractivity contribution in [3.8, 4) is 0 Å². The van der Waals surface area contributed by atoms with Gasteiger partial charge in [-0.1, -0.05) is 37.3 Å². The van der Waals surface area contributed by atoms with Crippen molar-refractivity contribution < 1.29 is 4.39 Å². The number of fused-ring (bicyclic) bond motifs is 1. The summed E-state index contributed by atoms with van der Waals surface area (Å²) in [5.74, 6) is 0.429. The lowest BCUT2D eigenvalue weighted by Gasteiger charge is -2.14. The smallest absolute Gasteiger partial charge is 0.201 e. The number of hydrogen-bond donors (Lipinski definition) is 1. The Morgan fingerprint density at radius 3 is 2.70 bits per heavy atom. The summed E-state index contributed by atoms with van der Waals surface area (Å²) < 4.78 is 15.3. The molecule has 0 radical (unpaired) electrons. The predicted octanol–water partition coefficient (Wildman–Crippen LogP) is 3.56. The summed E-state index contributed by atoms with van der Waals surface area (Å²) >= 11 is 0. The van der Waals surface area contributed by atoms with Crippen LogP contribution in [-0.4, -0.2) is 9.55 Å². The first-order valence-electron chi connectivity index (χ1n) is 6.61. The van der Waals surface area contributed by atoms with E-state index in [1.165, 1.54) is 17.7 Å². The zero-order chi connectivity index (χ0) is 14.1. The molecule has 3 rings (SSSR count). The van der Waals surface area contributed by atoms with Crippen LogP contribution in [0.4, 0.5) is 10.3 Å². The zero-order valence-corrected chi connectivity index (χ0v) is 11.3. The molecule has 0 aliphatic rings. The maximum Gasteiger partial charge on any atom is 0.201 e. The molecule has 1 aromatic heterocycles. The number of hydrogen-bond acceptors (Lipinski definition) is 2. The number of imidazole rings is 1. The van der Waals surface area contributed by atoms with Crippen molar-refractivity contribution in [2.24, 2.45) is 0 Å². The molecular formula is C16H16FN3. The number of nitrogens with zero attached hydrogens (tertiary/aromatic N) is 2. The number of nitrogens with two attached hydrogens (primary N) is 1. The Morgan fingerprint density at radius 2 is 1.95 bits per heavy atom. The summed E-state index contributed by atoms with van der Waals surface area (Å²) in [5, 5.41) is 0. The summed E-state index contributed by atoms with van der Waals surface area (Å²) in [7, 11) is 0. The SMILES string of the molecule is CC(Cn1c(N)nc2ccc(F)cc21)c1ccccc1. The van der Waals surface area contributed by atoms with Gasteiger partial charge in [0.05, 0.1) is 11.0 Å². The standard InChI is InChI=1S/C16H16FN3/c1-11(12-5-3-2-4-6-12)10-20-15-9-13(17)7-8-14(15)19-16(20)18/h2-9,11H,10H2,1H3,(H2,18,19). The first kappa shape index (κ1) is 12.7. The van der Waals surface area contributed by atoms with Crippen molar-refractivity contribution in [2.45, 2.75) is 19.4 Å². The molecule has 20 heavy (non-hydrogen) atoms. The first-order chi connectivity index (χ1) is 9.65. The van der Waals surface area contributed by atoms with E-state index in [9.17, 15) is 4.39 Å². The Kier molecular flexibility index (Phi) is 3.14. The minimum atomic E-state index is -0.272. The van der Waals surface area contributed by atoms with Crippen molar-refractivity contribution in [3.05, 3.63) is 59.9 Å². The largest absolute Gasteiger partial charge is 0.369 e. The summed E-state index contributed by atoms with van der Waals surface area (Å²) in [4.78, 5) is 4.28. The topological polar surface area (TPSA) is 43.8 Å². The van der Waals surface area contributed by atoms with Gasteiger partial charge < -0.3 is 10.3 Å². The molecule has 0 fully saturated rings. The van der Waals surface area contributed by atoms with Gasteiger partial charge in [0, 0.05) is 6.54 Å². The Balaban J connectivity index is 1.98. The Bertz CT molecular complexity index is 734. The monoisotopic (exact) mass is 269 g/mol. The van der Waals surface area contributed by atoms with Crippen LogP contribution in [0.25, 0.3) is 11.0 Å². The van der Waals surface area contributed by atoms with Gasteiger partial charge in [0.2, 0.25) is 5.95 Å². The van der Waals surface area contributed by atoms with Crippen LogP contribution in [0.15, 0.2) is 48.5 Å². The highest BCUT2D eigenvalue weighted by Crippen LogP contribution is 2.24. The van der Waals surface area contributed by atoms with Crippen LogP contribution >= 0.6 is 0 Å². The van der Waals surface area contributed by atoms with E-state index in [1.54, 1.807) is 6.07 Å². The molecule has 0 spiro atoms. The normalized spacial score (nSPS) is 12.7. The fourth-order valence-corrected chi connectivity index (χ4v) is 2.47. The molecule has 0 saturated heterocycles. The van der Waals surface area contributed by atoms with Gasteiger partial charge in [-0.2, -0.15) is 0 Å². The van der Waals surface area contributed by atoms with E-state index in [-0.39, 0.29) is 11.7 Å². The summed E-state index contributed by atoms with van der Waals surface area (Å²) in [6.45, 7) is 2.80. The van der Waals surface area contributed by atoms with Crippen molar-refractivity contribution in [1.29, 1.82) is 0 Å². The van der Waals surface area contributed by atoms with Gasteiger partial charge in [0.15, 0.2) is 0 Å². The van der Waals surface area contributed by atoms with Gasteiger partial charge in [-0.3, -0.25) is 0 Å². The van der Waals surface area contributed by atoms with E-state index in [0.29, 0.717) is 12.5 Å². The second-order valence-corrected chi connectivity index (χ2v) is 5.03. The van der Waals surface area contributed by atoms with Crippen LogP contribution in [0.2, 0.25) is 0 Å². The lowest BCUT2D eigenvalue weighted by Crippen LogP contribution is -2.09. The first-order valence-corrected chi connectivity index (χ1v) is 6.61. The molecule has 2 aromatic carbocycles. The van der Waals surface area contributed by atoms with Crippen LogP contribution in [-0.2, 0) is 6.54 Å². The third-order valence-corrected chi connectivity index (χ3v) is 3.56. The third kappa shape index (κ3) is 2.25. The molecule has 102 valence electrons. The Labute approximate surface area is 116 Å². The van der Waals surface area contributed by atoms with Gasteiger partial charge >= 0.3 is 0 Å². The number of halogens is 1. The van der Waals surface area contributed by atoms with Crippen molar-refractivity contribution in [3.63, 3.8) is 0 Å². The van der Waals surface area contributed by atoms with E-state index in [0.717, 1.165) is 11.0 Å². The third-order valence-electron chi connectivity index (χ3n) is 3.56. The quantitative estimate of drug-likeness (QED) is 0.790. The molecule has 1 heterocycles. The number of benzene rings is 2. The molecule has 2 N–H and O–H groups in total. The molecule has 3 aromatic rings. The maximum absolute atomic E-state index is 13.4. The zero-order valence-electron chi connectivity index (χ0n) is 11.3. The molecule has 0 bridgehead atoms. The fourth-order valence-electron chi connectivity index (χ4n) is 2.47. The van der Waals surface area contributed by atoms with Crippen LogP contribution in [0, 0.1) is 5.82 Å². The van der Waals surface area contributed by atoms with Crippen LogP contribution in [0.1, 0.15) is 18.4 Å². The fraction of sp³-hybridized carbons (Fsp3) is 0.188. The molecule has 4 heteroatoms. The van der Waals surface area contributed by atoms with Crippen molar-refractivity contribution in [1.82, 2.24) is 9.55 Å². The summed E-state index contributed by atoms with van der Waals surface area (Å²) in [6, 6.07) is 14.7. The highest BCUT2D eigenvalue weighted by atomic mass is 19.1. The second kappa shape index (κ2) is 4.96. The Morgan fingerprint density at radius 1 is 1.20 bits per heavy atom.